The van der Waals surface area contributed by atoms with Gasteiger partial charge < -0.3 is 9.80 Å². The average Bonchev–Trinajstić information content (AvgIpc) is 2.67. The van der Waals surface area contributed by atoms with Gasteiger partial charge in [-0.1, -0.05) is 6.07 Å². The van der Waals surface area contributed by atoms with Gasteiger partial charge in [-0.15, -0.1) is 0 Å². The van der Waals surface area contributed by atoms with E-state index in [1.165, 1.54) is 22.9 Å². The van der Waals surface area contributed by atoms with Gasteiger partial charge in [-0.3, -0.25) is 9.59 Å². The first-order valence-corrected chi connectivity index (χ1v) is 8.98. The van der Waals surface area contributed by atoms with Crippen molar-refractivity contribution in [1.29, 1.82) is 0 Å². The van der Waals surface area contributed by atoms with Crippen LogP contribution in [0.3, 0.4) is 0 Å². The molecule has 1 aliphatic rings. The summed E-state index contributed by atoms with van der Waals surface area (Å²) in [5, 5.41) is 4.14. The molecule has 3 rings (SSSR count). The van der Waals surface area contributed by atoms with Crippen molar-refractivity contribution in [3.63, 3.8) is 0 Å². The molecule has 2 aromatic rings. The smallest absolute Gasteiger partial charge is 0.368 e. The Bertz CT molecular complexity index is 916. The summed E-state index contributed by atoms with van der Waals surface area (Å²) in [4.78, 5) is 27.9. The molecule has 0 bridgehead atoms. The fourth-order valence-corrected chi connectivity index (χ4v) is 3.12. The molecule has 0 spiro atoms. The van der Waals surface area contributed by atoms with E-state index in [-0.39, 0.29) is 23.2 Å². The summed E-state index contributed by atoms with van der Waals surface area (Å²) in [5.41, 5.74) is -0.307. The van der Waals surface area contributed by atoms with Gasteiger partial charge in [-0.25, -0.2) is 4.68 Å². The number of anilines is 1. The van der Waals surface area contributed by atoms with Crippen LogP contribution in [0.4, 0.5) is 18.9 Å². The number of nitrogens with zero attached hydrogens (tertiary/aromatic N) is 4. The van der Waals surface area contributed by atoms with Gasteiger partial charge in [0.15, 0.2) is 0 Å². The first kappa shape index (κ1) is 19.9. The number of benzene rings is 1. The van der Waals surface area contributed by atoms with E-state index in [0.29, 0.717) is 31.9 Å². The fraction of sp³-hybridized carbons (Fsp3) is 0.421. The normalized spacial score (nSPS) is 15.2. The molecule has 150 valence electrons. The summed E-state index contributed by atoms with van der Waals surface area (Å²) in [6.07, 6.45) is -4.39. The lowest BCUT2D eigenvalue weighted by Crippen LogP contribution is -2.49. The van der Waals surface area contributed by atoms with Crippen molar-refractivity contribution in [3.05, 3.63) is 58.0 Å². The largest absolute Gasteiger partial charge is 0.416 e. The standard InChI is InChI=1S/C19H21F3N4O2/c1-13(2)26-17(27)7-6-16(23-26)18(28)25-10-8-24(9-11-25)15-5-3-4-14(12-15)19(20,21)22/h3-7,12-13H,8-11H2,1-2H3. The molecular formula is C19H21F3N4O2. The average molecular weight is 394 g/mol. The van der Waals surface area contributed by atoms with Gasteiger partial charge in [0.05, 0.1) is 11.6 Å². The van der Waals surface area contributed by atoms with E-state index < -0.39 is 11.7 Å². The lowest BCUT2D eigenvalue weighted by atomic mass is 10.1. The van der Waals surface area contributed by atoms with Crippen LogP contribution in [-0.2, 0) is 6.18 Å². The van der Waals surface area contributed by atoms with Crippen molar-refractivity contribution in [2.24, 2.45) is 0 Å². The summed E-state index contributed by atoms with van der Waals surface area (Å²) in [6.45, 7) is 5.15. The number of aromatic nitrogens is 2. The second-order valence-corrected chi connectivity index (χ2v) is 6.92. The molecule has 0 unspecified atom stereocenters. The zero-order valence-electron chi connectivity index (χ0n) is 15.6. The number of halogens is 3. The third-order valence-electron chi connectivity index (χ3n) is 4.64. The molecule has 0 saturated carbocycles. The molecule has 1 fully saturated rings. The van der Waals surface area contributed by atoms with Crippen molar-refractivity contribution in [3.8, 4) is 0 Å². The summed E-state index contributed by atoms with van der Waals surface area (Å²) in [7, 11) is 0. The maximum absolute atomic E-state index is 12.9. The third-order valence-corrected chi connectivity index (χ3v) is 4.64. The number of piperazine rings is 1. The van der Waals surface area contributed by atoms with E-state index in [2.05, 4.69) is 5.10 Å². The second kappa shape index (κ2) is 7.65. The van der Waals surface area contributed by atoms with Crippen molar-refractivity contribution in [1.82, 2.24) is 14.7 Å². The van der Waals surface area contributed by atoms with Gasteiger partial charge >= 0.3 is 6.18 Å². The van der Waals surface area contributed by atoms with Gasteiger partial charge in [0.25, 0.3) is 11.5 Å². The number of carbonyl (C=O) groups is 1. The van der Waals surface area contributed by atoms with Crippen LogP contribution in [0.25, 0.3) is 0 Å². The van der Waals surface area contributed by atoms with E-state index in [0.717, 1.165) is 12.1 Å². The topological polar surface area (TPSA) is 58.4 Å². The summed E-state index contributed by atoms with van der Waals surface area (Å²) >= 11 is 0. The number of hydrogen-bond acceptors (Lipinski definition) is 4. The minimum Gasteiger partial charge on any atom is -0.368 e. The SMILES string of the molecule is CC(C)n1nc(C(=O)N2CCN(c3cccc(C(F)(F)F)c3)CC2)ccc1=O. The van der Waals surface area contributed by atoms with Gasteiger partial charge in [-0.05, 0) is 38.1 Å². The highest BCUT2D eigenvalue weighted by Gasteiger charge is 2.31. The first-order chi connectivity index (χ1) is 13.2. The molecule has 0 N–H and O–H groups in total. The zero-order chi connectivity index (χ0) is 20.5. The molecule has 28 heavy (non-hydrogen) atoms. The van der Waals surface area contributed by atoms with E-state index in [1.807, 2.05) is 4.90 Å². The van der Waals surface area contributed by atoms with Crippen molar-refractivity contribution >= 4 is 11.6 Å². The van der Waals surface area contributed by atoms with Crippen LogP contribution >= 0.6 is 0 Å². The van der Waals surface area contributed by atoms with E-state index in [4.69, 9.17) is 0 Å². The molecule has 2 heterocycles. The first-order valence-electron chi connectivity index (χ1n) is 8.98. The van der Waals surface area contributed by atoms with Crippen LogP contribution in [-0.4, -0.2) is 46.8 Å². The Hall–Kier alpha value is -2.84. The van der Waals surface area contributed by atoms with Gasteiger partial charge in [0.1, 0.15) is 5.69 Å². The molecule has 1 saturated heterocycles. The Morgan fingerprint density at radius 1 is 1.07 bits per heavy atom. The Morgan fingerprint density at radius 2 is 1.75 bits per heavy atom. The highest BCUT2D eigenvalue weighted by atomic mass is 19.4. The highest BCUT2D eigenvalue weighted by molar-refractivity contribution is 5.92. The monoisotopic (exact) mass is 394 g/mol. The summed E-state index contributed by atoms with van der Waals surface area (Å²) in [6, 6.07) is 7.73. The molecular weight excluding hydrogens is 373 g/mol. The van der Waals surface area contributed by atoms with Gasteiger partial charge in [-0.2, -0.15) is 18.3 Å². The number of amides is 1. The van der Waals surface area contributed by atoms with Crippen LogP contribution in [0.1, 0.15) is 35.9 Å². The van der Waals surface area contributed by atoms with Gasteiger partial charge in [0, 0.05) is 37.9 Å². The van der Waals surface area contributed by atoms with Gasteiger partial charge in [0.2, 0.25) is 0 Å². The Kier molecular flexibility index (Phi) is 5.44. The minimum absolute atomic E-state index is 0.169. The summed E-state index contributed by atoms with van der Waals surface area (Å²) < 4.78 is 40.0. The maximum atomic E-state index is 12.9. The lowest BCUT2D eigenvalue weighted by molar-refractivity contribution is -0.137. The Labute approximate surface area is 160 Å². The Balaban J connectivity index is 1.70. The molecule has 9 heteroatoms. The van der Waals surface area contributed by atoms with Crippen molar-refractivity contribution in [2.45, 2.75) is 26.1 Å². The fourth-order valence-electron chi connectivity index (χ4n) is 3.12. The van der Waals surface area contributed by atoms with Crippen LogP contribution in [0, 0.1) is 0 Å². The molecule has 6 nitrogen and oxygen atoms in total. The van der Waals surface area contributed by atoms with E-state index in [9.17, 15) is 22.8 Å². The third kappa shape index (κ3) is 4.18. The van der Waals surface area contributed by atoms with Crippen LogP contribution in [0.15, 0.2) is 41.2 Å². The number of carbonyl (C=O) groups excluding carboxylic acids is 1. The highest BCUT2D eigenvalue weighted by Crippen LogP contribution is 2.31. The molecule has 1 aliphatic heterocycles. The molecule has 1 amide bonds. The lowest BCUT2D eigenvalue weighted by Gasteiger charge is -2.36. The molecule has 1 aromatic heterocycles. The van der Waals surface area contributed by atoms with Crippen LogP contribution in [0.5, 0.6) is 0 Å². The van der Waals surface area contributed by atoms with Crippen molar-refractivity contribution < 1.29 is 18.0 Å². The minimum atomic E-state index is -4.39. The number of alkyl halides is 3. The molecule has 1 aromatic carbocycles. The second-order valence-electron chi connectivity index (χ2n) is 6.92. The van der Waals surface area contributed by atoms with Crippen LogP contribution < -0.4 is 10.5 Å². The molecule has 0 atom stereocenters. The predicted octanol–water partition coefficient (Wildman–Crippen LogP) is 2.81. The number of hydrogen-bond donors (Lipinski definition) is 0. The maximum Gasteiger partial charge on any atom is 0.416 e. The van der Waals surface area contributed by atoms with E-state index in [1.54, 1.807) is 24.8 Å². The zero-order valence-corrected chi connectivity index (χ0v) is 15.6. The Morgan fingerprint density at radius 3 is 2.36 bits per heavy atom. The molecule has 0 aliphatic carbocycles. The number of rotatable bonds is 3. The van der Waals surface area contributed by atoms with Crippen LogP contribution in [0.2, 0.25) is 0 Å². The predicted molar refractivity (Wildman–Crippen MR) is 98.4 cm³/mol. The quantitative estimate of drug-likeness (QED) is 0.803. The van der Waals surface area contributed by atoms with Crippen molar-refractivity contribution in [2.75, 3.05) is 31.1 Å². The summed E-state index contributed by atoms with van der Waals surface area (Å²) in [5.74, 6) is -0.293. The van der Waals surface area contributed by atoms with E-state index >= 15 is 0 Å². The molecule has 0 radical (unpaired) electrons.